The Balaban J connectivity index is 1.70. The number of amides is 2. The highest BCUT2D eigenvalue weighted by Crippen LogP contribution is 2.37. The third-order valence-electron chi connectivity index (χ3n) is 4.82. The molecule has 1 saturated heterocycles. The summed E-state index contributed by atoms with van der Waals surface area (Å²) in [5.41, 5.74) is 3.22. The molecule has 1 aliphatic carbocycles. The Morgan fingerprint density at radius 3 is 2.28 bits per heavy atom. The van der Waals surface area contributed by atoms with E-state index < -0.39 is 0 Å². The van der Waals surface area contributed by atoms with Gasteiger partial charge in [-0.25, -0.2) is 4.90 Å². The van der Waals surface area contributed by atoms with E-state index in [0.29, 0.717) is 46.7 Å². The van der Waals surface area contributed by atoms with E-state index in [1.54, 1.807) is 24.3 Å². The van der Waals surface area contributed by atoms with Gasteiger partial charge in [-0.15, -0.1) is 0 Å². The van der Waals surface area contributed by atoms with Gasteiger partial charge in [0.2, 0.25) is 5.12 Å². The second-order valence-electron chi connectivity index (χ2n) is 6.37. The van der Waals surface area contributed by atoms with Crippen LogP contribution in [-0.4, -0.2) is 22.7 Å². The number of nitrogens with zero attached hydrogens (tertiary/aromatic N) is 1. The zero-order valence-electron chi connectivity index (χ0n) is 13.5. The van der Waals surface area contributed by atoms with Gasteiger partial charge in [0.25, 0.3) is 11.8 Å². The first kappa shape index (κ1) is 16.6. The Hall–Kier alpha value is -1.85. The number of imide groups is 1. The molecule has 0 radical (unpaired) electrons. The number of hydrogen-bond donors (Lipinski definition) is 0. The van der Waals surface area contributed by atoms with Gasteiger partial charge in [-0.05, 0) is 61.9 Å². The maximum absolute atomic E-state index is 12.7. The molecule has 4 rings (SSSR count). The van der Waals surface area contributed by atoms with Crippen molar-refractivity contribution in [3.05, 3.63) is 45.5 Å². The van der Waals surface area contributed by atoms with E-state index in [-0.39, 0.29) is 16.9 Å². The summed E-state index contributed by atoms with van der Waals surface area (Å²) in [7, 11) is 0. The summed E-state index contributed by atoms with van der Waals surface area (Å²) in [5.74, 6) is 0.350. The first-order valence-corrected chi connectivity index (χ1v) is 9.70. The van der Waals surface area contributed by atoms with Crippen LogP contribution < -0.4 is 4.90 Å². The average Bonchev–Trinajstić information content (AvgIpc) is 3.12. The normalized spacial score (nSPS) is 22.4. The number of thioether (sulfide) groups is 1. The van der Waals surface area contributed by atoms with Crippen LogP contribution in [0.15, 0.2) is 34.9 Å². The van der Waals surface area contributed by atoms with Crippen molar-refractivity contribution in [1.29, 1.82) is 0 Å². The summed E-state index contributed by atoms with van der Waals surface area (Å²) in [6.07, 6.45) is 5.72. The minimum atomic E-state index is -0.215. The largest absolute Gasteiger partial charge is 0.282 e. The molecule has 3 aliphatic rings. The summed E-state index contributed by atoms with van der Waals surface area (Å²) < 4.78 is 0. The second-order valence-corrected chi connectivity index (χ2v) is 7.85. The molecule has 1 aromatic rings. The van der Waals surface area contributed by atoms with Crippen molar-refractivity contribution >= 4 is 52.1 Å². The molecule has 0 atom stereocenters. The molecule has 1 aromatic carbocycles. The van der Waals surface area contributed by atoms with E-state index in [2.05, 4.69) is 0 Å². The van der Waals surface area contributed by atoms with Crippen LogP contribution in [0, 0.1) is 0 Å². The van der Waals surface area contributed by atoms with Gasteiger partial charge in [-0.2, -0.15) is 0 Å². The zero-order chi connectivity index (χ0) is 17.6. The van der Waals surface area contributed by atoms with E-state index in [0.717, 1.165) is 24.2 Å². The average molecular weight is 374 g/mol. The van der Waals surface area contributed by atoms with Crippen molar-refractivity contribution in [1.82, 2.24) is 0 Å². The maximum atomic E-state index is 12.7. The molecule has 0 saturated carbocycles. The van der Waals surface area contributed by atoms with Crippen LogP contribution in [0.3, 0.4) is 0 Å². The SMILES string of the molecule is O=C1SCCC1=Cc1cc(N2C(=O)C3=C(CCCC3)C2=O)ccc1Cl. The Labute approximate surface area is 154 Å². The topological polar surface area (TPSA) is 54.5 Å². The minimum Gasteiger partial charge on any atom is -0.282 e. The molecule has 0 unspecified atom stereocenters. The molecular weight excluding hydrogens is 358 g/mol. The maximum Gasteiger partial charge on any atom is 0.261 e. The number of rotatable bonds is 2. The quantitative estimate of drug-likeness (QED) is 0.577. The highest BCUT2D eigenvalue weighted by Gasteiger charge is 2.39. The monoisotopic (exact) mass is 373 g/mol. The number of benzene rings is 1. The van der Waals surface area contributed by atoms with Crippen LogP contribution in [0.5, 0.6) is 0 Å². The lowest BCUT2D eigenvalue weighted by Crippen LogP contribution is -2.31. The lowest BCUT2D eigenvalue weighted by molar-refractivity contribution is -0.120. The number of anilines is 1. The summed E-state index contributed by atoms with van der Waals surface area (Å²) in [4.78, 5) is 38.5. The lowest BCUT2D eigenvalue weighted by Gasteiger charge is -2.16. The smallest absolute Gasteiger partial charge is 0.261 e. The lowest BCUT2D eigenvalue weighted by atomic mass is 9.93. The fraction of sp³-hybridized carbons (Fsp3) is 0.316. The summed E-state index contributed by atoms with van der Waals surface area (Å²) in [6, 6.07) is 5.08. The summed E-state index contributed by atoms with van der Waals surface area (Å²) in [5, 5.41) is 0.560. The highest BCUT2D eigenvalue weighted by molar-refractivity contribution is 8.14. The Kier molecular flexibility index (Phi) is 4.29. The van der Waals surface area contributed by atoms with Crippen LogP contribution in [0.2, 0.25) is 5.02 Å². The predicted molar refractivity (Wildman–Crippen MR) is 99.5 cm³/mol. The molecule has 0 aromatic heterocycles. The number of halogens is 1. The van der Waals surface area contributed by atoms with Crippen molar-refractivity contribution in [3.63, 3.8) is 0 Å². The van der Waals surface area contributed by atoms with Gasteiger partial charge in [0.05, 0.1) is 5.69 Å². The van der Waals surface area contributed by atoms with E-state index in [1.165, 1.54) is 16.7 Å². The fourth-order valence-corrected chi connectivity index (χ4v) is 4.55. The number of hydrogen-bond acceptors (Lipinski definition) is 4. The molecule has 25 heavy (non-hydrogen) atoms. The van der Waals surface area contributed by atoms with E-state index in [4.69, 9.17) is 11.6 Å². The minimum absolute atomic E-state index is 0.0620. The Morgan fingerprint density at radius 2 is 1.68 bits per heavy atom. The zero-order valence-corrected chi connectivity index (χ0v) is 15.1. The van der Waals surface area contributed by atoms with Crippen LogP contribution in [0.25, 0.3) is 6.08 Å². The first-order chi connectivity index (χ1) is 12.1. The molecule has 2 amide bonds. The molecule has 4 nitrogen and oxygen atoms in total. The van der Waals surface area contributed by atoms with Crippen LogP contribution in [0.4, 0.5) is 5.69 Å². The van der Waals surface area contributed by atoms with E-state index >= 15 is 0 Å². The van der Waals surface area contributed by atoms with Gasteiger partial charge in [-0.1, -0.05) is 23.4 Å². The van der Waals surface area contributed by atoms with Crippen molar-refractivity contribution in [2.24, 2.45) is 0 Å². The van der Waals surface area contributed by atoms with Gasteiger partial charge in [0, 0.05) is 27.5 Å². The second kappa shape index (κ2) is 6.46. The molecule has 2 heterocycles. The van der Waals surface area contributed by atoms with Crippen molar-refractivity contribution in [2.45, 2.75) is 32.1 Å². The molecule has 0 N–H and O–H groups in total. The standard InChI is InChI=1S/C19H16ClNO3S/c20-16-6-5-13(10-12(16)9-11-7-8-25-19(11)24)21-17(22)14-3-1-2-4-15(14)18(21)23/h5-6,9-10H,1-4,7-8H2. The van der Waals surface area contributed by atoms with Gasteiger partial charge >= 0.3 is 0 Å². The van der Waals surface area contributed by atoms with Crippen molar-refractivity contribution in [3.8, 4) is 0 Å². The molecule has 1 fully saturated rings. The van der Waals surface area contributed by atoms with Crippen molar-refractivity contribution in [2.75, 3.05) is 10.7 Å². The Morgan fingerprint density at radius 1 is 1.00 bits per heavy atom. The molecule has 6 heteroatoms. The van der Waals surface area contributed by atoms with E-state index in [9.17, 15) is 14.4 Å². The molecule has 0 spiro atoms. The van der Waals surface area contributed by atoms with E-state index in [1.807, 2.05) is 0 Å². The van der Waals surface area contributed by atoms with Crippen LogP contribution in [0.1, 0.15) is 37.7 Å². The summed E-state index contributed by atoms with van der Waals surface area (Å²) >= 11 is 7.56. The fourth-order valence-electron chi connectivity index (χ4n) is 3.52. The molecule has 0 bridgehead atoms. The van der Waals surface area contributed by atoms with Crippen LogP contribution in [-0.2, 0) is 14.4 Å². The number of carbonyl (C=O) groups is 3. The van der Waals surface area contributed by atoms with Gasteiger partial charge in [0.15, 0.2) is 0 Å². The predicted octanol–water partition coefficient (Wildman–Crippen LogP) is 4.13. The molecular formula is C19H16ClNO3S. The first-order valence-electron chi connectivity index (χ1n) is 8.34. The van der Waals surface area contributed by atoms with Crippen molar-refractivity contribution < 1.29 is 14.4 Å². The third kappa shape index (κ3) is 2.85. The molecule has 2 aliphatic heterocycles. The third-order valence-corrected chi connectivity index (χ3v) is 6.10. The van der Waals surface area contributed by atoms with Gasteiger partial charge in [0.1, 0.15) is 0 Å². The molecule has 128 valence electrons. The highest BCUT2D eigenvalue weighted by atomic mass is 35.5. The van der Waals surface area contributed by atoms with Crippen LogP contribution >= 0.6 is 23.4 Å². The van der Waals surface area contributed by atoms with Gasteiger partial charge < -0.3 is 0 Å². The summed E-state index contributed by atoms with van der Waals surface area (Å²) in [6.45, 7) is 0. The van der Waals surface area contributed by atoms with Gasteiger partial charge in [-0.3, -0.25) is 14.4 Å². The number of carbonyl (C=O) groups excluding carboxylic acids is 3. The Bertz CT molecular complexity index is 843.